The zero-order valence-electron chi connectivity index (χ0n) is 12.6. The first-order valence-corrected chi connectivity index (χ1v) is 8.47. The first kappa shape index (κ1) is 22.2. The van der Waals surface area contributed by atoms with Gasteiger partial charge < -0.3 is 9.66 Å². The number of hydrogen-bond donors (Lipinski definition) is 1. The van der Waals surface area contributed by atoms with E-state index in [4.69, 9.17) is 0 Å². The van der Waals surface area contributed by atoms with Crippen LogP contribution in [0.3, 0.4) is 0 Å². The summed E-state index contributed by atoms with van der Waals surface area (Å²) >= 11 is 0. The molecule has 0 amide bonds. The van der Waals surface area contributed by atoms with Crippen molar-refractivity contribution < 1.29 is 47.6 Å². The normalized spacial score (nSPS) is 14.7. The van der Waals surface area contributed by atoms with Gasteiger partial charge in [0.1, 0.15) is 0 Å². The quantitative estimate of drug-likeness (QED) is 0.326. The van der Waals surface area contributed by atoms with E-state index in [-0.39, 0.29) is 36.0 Å². The topological polar surface area (TPSA) is 77.4 Å². The predicted molar refractivity (Wildman–Crippen MR) is 72.4 cm³/mol. The molecule has 0 radical (unpaired) electrons. The van der Waals surface area contributed by atoms with Gasteiger partial charge in [-0.05, 0) is 19.8 Å². The molecule has 0 saturated carbocycles. The van der Waals surface area contributed by atoms with Crippen molar-refractivity contribution in [2.24, 2.45) is 0 Å². The Morgan fingerprint density at radius 2 is 1.53 bits per heavy atom. The molecule has 0 bridgehead atoms. The van der Waals surface area contributed by atoms with Crippen LogP contribution in [0.1, 0.15) is 71.6 Å². The maximum absolute atomic E-state index is 10.7. The van der Waals surface area contributed by atoms with Crippen LogP contribution in [0.2, 0.25) is 0 Å². The first-order valence-electron chi connectivity index (χ1n) is 7.00. The zero-order chi connectivity index (χ0) is 14.0. The van der Waals surface area contributed by atoms with Crippen molar-refractivity contribution in [1.82, 2.24) is 0 Å². The van der Waals surface area contributed by atoms with Gasteiger partial charge in [-0.25, -0.2) is 8.42 Å². The van der Waals surface area contributed by atoms with E-state index in [2.05, 4.69) is 6.92 Å². The van der Waals surface area contributed by atoms with Crippen LogP contribution in [0.25, 0.3) is 0 Å². The molecule has 0 aliphatic heterocycles. The monoisotopic (exact) mass is 302 g/mol. The average molecular weight is 302 g/mol. The molecular weight excluding hydrogens is 275 g/mol. The summed E-state index contributed by atoms with van der Waals surface area (Å²) in [6, 6.07) is 0. The molecule has 0 aliphatic carbocycles. The van der Waals surface area contributed by atoms with Crippen LogP contribution in [0, 0.1) is 0 Å². The summed E-state index contributed by atoms with van der Waals surface area (Å²) < 4.78 is 32.0. The SMILES string of the molecule is CCCCCCCCCC(O)CC(C)S(=O)(=O)[O-].[Na+]. The molecule has 0 fully saturated rings. The Labute approximate surface area is 140 Å². The van der Waals surface area contributed by atoms with Crippen molar-refractivity contribution in [3.05, 3.63) is 0 Å². The van der Waals surface area contributed by atoms with Crippen LogP contribution < -0.4 is 29.6 Å². The van der Waals surface area contributed by atoms with Crippen LogP contribution in [-0.2, 0) is 10.1 Å². The van der Waals surface area contributed by atoms with Gasteiger partial charge in [-0.3, -0.25) is 0 Å². The van der Waals surface area contributed by atoms with Crippen LogP contribution >= 0.6 is 0 Å². The minimum atomic E-state index is -4.25. The van der Waals surface area contributed by atoms with Crippen molar-refractivity contribution in [2.45, 2.75) is 83.0 Å². The van der Waals surface area contributed by atoms with Crippen molar-refractivity contribution in [2.75, 3.05) is 0 Å². The maximum Gasteiger partial charge on any atom is 1.00 e. The summed E-state index contributed by atoms with van der Waals surface area (Å²) in [5.74, 6) is 0. The molecule has 4 nitrogen and oxygen atoms in total. The first-order chi connectivity index (χ1) is 8.38. The van der Waals surface area contributed by atoms with Gasteiger partial charge in [0.25, 0.3) is 0 Å². The molecule has 0 heterocycles. The molecule has 1 N–H and O–H groups in total. The van der Waals surface area contributed by atoms with Gasteiger partial charge in [-0.1, -0.05) is 51.9 Å². The predicted octanol–water partition coefficient (Wildman–Crippen LogP) is -0.184. The molecule has 19 heavy (non-hydrogen) atoms. The average Bonchev–Trinajstić information content (AvgIpc) is 2.26. The number of rotatable bonds is 11. The summed E-state index contributed by atoms with van der Waals surface area (Å²) in [4.78, 5) is 0. The molecule has 110 valence electrons. The molecule has 2 unspecified atom stereocenters. The summed E-state index contributed by atoms with van der Waals surface area (Å²) in [5, 5.41) is 8.63. The second kappa shape index (κ2) is 12.6. The minimum Gasteiger partial charge on any atom is -0.748 e. The van der Waals surface area contributed by atoms with E-state index in [0.717, 1.165) is 12.8 Å². The molecule has 6 heteroatoms. The summed E-state index contributed by atoms with van der Waals surface area (Å²) in [6.07, 6.45) is 8.14. The molecule has 0 rings (SSSR count). The molecule has 0 saturated heterocycles. The Morgan fingerprint density at radius 1 is 1.05 bits per heavy atom. The number of hydrogen-bond acceptors (Lipinski definition) is 4. The number of aliphatic hydroxyl groups excluding tert-OH is 1. The largest absolute Gasteiger partial charge is 1.00 e. The van der Waals surface area contributed by atoms with Crippen LogP contribution in [0.4, 0.5) is 0 Å². The Hall–Kier alpha value is 0.870. The maximum atomic E-state index is 10.7. The van der Waals surface area contributed by atoms with Gasteiger partial charge in [0.2, 0.25) is 0 Å². The summed E-state index contributed by atoms with van der Waals surface area (Å²) in [5.41, 5.74) is 0. The van der Waals surface area contributed by atoms with E-state index in [1.54, 1.807) is 0 Å². The number of unbranched alkanes of at least 4 members (excludes halogenated alkanes) is 6. The molecular formula is C13H27NaO4S. The summed E-state index contributed by atoms with van der Waals surface area (Å²) in [7, 11) is -4.25. The molecule has 2 atom stereocenters. The Balaban J connectivity index is 0. The Kier molecular flexibility index (Phi) is 14.7. The van der Waals surface area contributed by atoms with Crippen molar-refractivity contribution in [1.29, 1.82) is 0 Å². The molecule has 0 aliphatic rings. The molecule has 0 aromatic carbocycles. The number of aliphatic hydroxyl groups is 1. The van der Waals surface area contributed by atoms with E-state index >= 15 is 0 Å². The third-order valence-electron chi connectivity index (χ3n) is 3.24. The van der Waals surface area contributed by atoms with Gasteiger partial charge in [-0.2, -0.15) is 0 Å². The third-order valence-corrected chi connectivity index (χ3v) is 4.42. The standard InChI is InChI=1S/C13H28O4S.Na/c1-3-4-5-6-7-8-9-10-13(14)11-12(2)18(15,16)17;/h12-14H,3-11H2,1-2H3,(H,15,16,17);/q;+1/p-1. The fourth-order valence-corrected chi connectivity index (χ4v) is 2.41. The Morgan fingerprint density at radius 3 is 2.00 bits per heavy atom. The van der Waals surface area contributed by atoms with E-state index in [9.17, 15) is 18.1 Å². The van der Waals surface area contributed by atoms with Crippen LogP contribution in [-0.4, -0.2) is 29.4 Å². The molecule has 0 spiro atoms. The fourth-order valence-electron chi connectivity index (χ4n) is 1.96. The van der Waals surface area contributed by atoms with Crippen molar-refractivity contribution in [3.8, 4) is 0 Å². The Bertz CT molecular complexity index is 293. The van der Waals surface area contributed by atoms with Gasteiger partial charge in [0.05, 0.1) is 16.2 Å². The summed E-state index contributed by atoms with van der Waals surface area (Å²) in [6.45, 7) is 3.54. The van der Waals surface area contributed by atoms with E-state index in [1.807, 2.05) is 0 Å². The van der Waals surface area contributed by atoms with Gasteiger partial charge in [-0.15, -0.1) is 0 Å². The van der Waals surface area contributed by atoms with Gasteiger partial charge in [0.15, 0.2) is 0 Å². The fraction of sp³-hybridized carbons (Fsp3) is 1.00. The van der Waals surface area contributed by atoms with Crippen molar-refractivity contribution in [3.63, 3.8) is 0 Å². The van der Waals surface area contributed by atoms with E-state index in [1.165, 1.54) is 39.0 Å². The van der Waals surface area contributed by atoms with Crippen LogP contribution in [0.15, 0.2) is 0 Å². The molecule has 0 aromatic rings. The minimum absolute atomic E-state index is 0. The van der Waals surface area contributed by atoms with Gasteiger partial charge in [0, 0.05) is 5.25 Å². The van der Waals surface area contributed by atoms with Gasteiger partial charge >= 0.3 is 29.6 Å². The zero-order valence-corrected chi connectivity index (χ0v) is 15.4. The van der Waals surface area contributed by atoms with Crippen molar-refractivity contribution >= 4 is 10.1 Å². The molecule has 0 aromatic heterocycles. The third kappa shape index (κ3) is 13.6. The van der Waals surface area contributed by atoms with E-state index < -0.39 is 21.5 Å². The van der Waals surface area contributed by atoms with Crippen LogP contribution in [0.5, 0.6) is 0 Å². The second-order valence-corrected chi connectivity index (χ2v) is 6.89. The smallest absolute Gasteiger partial charge is 0.748 e. The second-order valence-electron chi connectivity index (χ2n) is 5.10. The van der Waals surface area contributed by atoms with E-state index in [0.29, 0.717) is 6.42 Å².